The van der Waals surface area contributed by atoms with Crippen molar-refractivity contribution in [3.8, 4) is 0 Å². The molecule has 3 saturated heterocycles. The summed E-state index contributed by atoms with van der Waals surface area (Å²) in [5.41, 5.74) is 0.0415. The van der Waals surface area contributed by atoms with Crippen molar-refractivity contribution in [2.24, 2.45) is 17.8 Å². The van der Waals surface area contributed by atoms with Gasteiger partial charge in [-0.2, -0.15) is 0 Å². The second-order valence-electron chi connectivity index (χ2n) is 10.6. The zero-order valence-corrected chi connectivity index (χ0v) is 21.9. The number of carboxylic acids is 1. The molecule has 35 heavy (non-hydrogen) atoms. The first-order valence-corrected chi connectivity index (χ1v) is 13.2. The van der Waals surface area contributed by atoms with Gasteiger partial charge in [-0.1, -0.05) is 6.92 Å². The maximum Gasteiger partial charge on any atom is 0.353 e. The van der Waals surface area contributed by atoms with Gasteiger partial charge in [-0.25, -0.2) is 4.79 Å². The van der Waals surface area contributed by atoms with E-state index in [9.17, 15) is 24.6 Å². The number of nitrogens with zero attached hydrogens (tertiary/aromatic N) is 4. The molecule has 2 amide bonds. The quantitative estimate of drug-likeness (QED) is 0.261. The van der Waals surface area contributed by atoms with Crippen LogP contribution in [-0.4, -0.2) is 117 Å². The Bertz CT molecular complexity index is 955. The number of carbonyl (C=O) groups is 3. The highest BCUT2D eigenvalue weighted by Crippen LogP contribution is 2.52. The Balaban J connectivity index is 1.41. The van der Waals surface area contributed by atoms with Gasteiger partial charge in [-0.15, -0.1) is 11.8 Å². The Morgan fingerprint density at radius 1 is 1.31 bits per heavy atom. The minimum absolute atomic E-state index is 0.0415. The molecule has 10 nitrogen and oxygen atoms in total. The Kier molecular flexibility index (Phi) is 7.23. The number of aliphatic hydroxyl groups is 1. The molecule has 0 aromatic rings. The zero-order valence-electron chi connectivity index (χ0n) is 21.1. The number of rotatable bonds is 7. The van der Waals surface area contributed by atoms with Crippen molar-refractivity contribution < 1.29 is 24.6 Å². The van der Waals surface area contributed by atoms with Gasteiger partial charge in [0.25, 0.3) is 0 Å². The zero-order chi connectivity index (χ0) is 25.8. The monoisotopic (exact) mass is 507 g/mol. The minimum Gasteiger partial charge on any atom is -0.477 e. The highest BCUT2D eigenvalue weighted by Gasteiger charge is 2.60. The molecule has 3 N–H and O–H groups in total. The van der Waals surface area contributed by atoms with Crippen LogP contribution in [0, 0.1) is 23.2 Å². The molecule has 0 bridgehead atoms. The Morgan fingerprint density at radius 2 is 2.00 bits per heavy atom. The largest absolute Gasteiger partial charge is 0.477 e. The first-order chi connectivity index (χ1) is 16.4. The number of carbonyl (C=O) groups excluding carboxylic acids is 2. The molecule has 4 rings (SSSR count). The summed E-state index contributed by atoms with van der Waals surface area (Å²) in [4.78, 5) is 46.0. The van der Waals surface area contributed by atoms with E-state index < -0.39 is 18.0 Å². The fourth-order valence-electron chi connectivity index (χ4n) is 6.10. The predicted molar refractivity (Wildman–Crippen MR) is 133 cm³/mol. The number of likely N-dealkylation sites (tertiary alicyclic amines) is 2. The molecule has 0 aromatic heterocycles. The summed E-state index contributed by atoms with van der Waals surface area (Å²) in [5.74, 6) is -1.19. The lowest BCUT2D eigenvalue weighted by Crippen LogP contribution is -2.63. The fourth-order valence-corrected chi connectivity index (χ4v) is 7.70. The number of likely N-dealkylation sites (N-methyl/N-ethyl adjacent to an activating group) is 1. The molecular formula is C24H37N5O5S. The second kappa shape index (κ2) is 9.74. The van der Waals surface area contributed by atoms with Gasteiger partial charge < -0.3 is 24.9 Å². The number of hydrogen-bond donors (Lipinski definition) is 3. The van der Waals surface area contributed by atoms with Gasteiger partial charge in [0.1, 0.15) is 5.70 Å². The van der Waals surface area contributed by atoms with Crippen LogP contribution in [0.5, 0.6) is 0 Å². The van der Waals surface area contributed by atoms with Crippen LogP contribution in [0.1, 0.15) is 33.6 Å². The van der Waals surface area contributed by atoms with E-state index in [2.05, 4.69) is 4.90 Å². The second-order valence-corrected chi connectivity index (χ2v) is 11.9. The topological polar surface area (TPSA) is 128 Å². The summed E-state index contributed by atoms with van der Waals surface area (Å²) >= 11 is 1.48. The van der Waals surface area contributed by atoms with E-state index in [0.29, 0.717) is 36.2 Å². The van der Waals surface area contributed by atoms with Crippen LogP contribution in [0.15, 0.2) is 10.6 Å². The first-order valence-electron chi connectivity index (χ1n) is 12.3. The van der Waals surface area contributed by atoms with E-state index in [0.717, 1.165) is 19.5 Å². The van der Waals surface area contributed by atoms with Gasteiger partial charge in [-0.3, -0.25) is 19.9 Å². The van der Waals surface area contributed by atoms with Crippen LogP contribution in [0.2, 0.25) is 0 Å². The smallest absolute Gasteiger partial charge is 0.353 e. The lowest BCUT2D eigenvalue weighted by atomic mass is 9.79. The summed E-state index contributed by atoms with van der Waals surface area (Å²) in [6.45, 7) is 8.12. The number of carboxylic acid groups (broad SMARTS) is 1. The summed E-state index contributed by atoms with van der Waals surface area (Å²) in [6.07, 6.45) is 0.736. The standard InChI is InChI=1S/C24H37N5O5S/c1-12-19-18(13(2)30)23(32)29(19)20(24(33)34)21(12)35-16-8-17(27(5)11-16)22(31)28-7-6-15(10-28)9-26(4)14(3)25/h12-13,15-19,25,30H,6-11H2,1-5H3,(H,33,34)/t12-,13-,15-,16+,17+,18-,19-/m1/s1. The van der Waals surface area contributed by atoms with E-state index in [1.165, 1.54) is 16.7 Å². The fraction of sp³-hybridized carbons (Fsp3) is 0.750. The van der Waals surface area contributed by atoms with Crippen LogP contribution < -0.4 is 0 Å². The molecule has 3 fully saturated rings. The highest BCUT2D eigenvalue weighted by molar-refractivity contribution is 8.03. The third-order valence-electron chi connectivity index (χ3n) is 8.10. The first kappa shape index (κ1) is 26.0. The van der Waals surface area contributed by atoms with Gasteiger partial charge in [0.2, 0.25) is 11.8 Å². The molecule has 0 aliphatic carbocycles. The summed E-state index contributed by atoms with van der Waals surface area (Å²) in [5, 5.41) is 27.7. The van der Waals surface area contributed by atoms with Gasteiger partial charge >= 0.3 is 5.97 Å². The van der Waals surface area contributed by atoms with E-state index in [1.807, 2.05) is 30.8 Å². The van der Waals surface area contributed by atoms with E-state index in [1.54, 1.807) is 13.8 Å². The molecule has 7 atom stereocenters. The number of fused-ring (bicyclic) bond motifs is 1. The Labute approximate surface area is 210 Å². The summed E-state index contributed by atoms with van der Waals surface area (Å²) in [7, 11) is 3.84. The number of aliphatic hydroxyl groups excluding tert-OH is 1. The van der Waals surface area contributed by atoms with Crippen molar-refractivity contribution in [3.63, 3.8) is 0 Å². The normalized spacial score (nSPS) is 33.7. The van der Waals surface area contributed by atoms with Gasteiger partial charge in [0.15, 0.2) is 0 Å². The Hall–Kier alpha value is -2.11. The van der Waals surface area contributed by atoms with Crippen molar-refractivity contribution >= 4 is 35.4 Å². The van der Waals surface area contributed by atoms with Crippen LogP contribution in [0.25, 0.3) is 0 Å². The maximum atomic E-state index is 13.4. The minimum atomic E-state index is -1.12. The number of β-lactam (4-membered cyclic amide) rings is 1. The number of nitrogens with one attached hydrogen (secondary N) is 1. The number of amides is 2. The molecular weight excluding hydrogens is 470 g/mol. The van der Waals surface area contributed by atoms with Crippen molar-refractivity contribution in [3.05, 3.63) is 10.6 Å². The Morgan fingerprint density at radius 3 is 2.60 bits per heavy atom. The van der Waals surface area contributed by atoms with Gasteiger partial charge in [0.05, 0.1) is 29.9 Å². The van der Waals surface area contributed by atoms with Crippen LogP contribution in [0.3, 0.4) is 0 Å². The number of thioether (sulfide) groups is 1. The third-order valence-corrected chi connectivity index (χ3v) is 9.60. The van der Waals surface area contributed by atoms with Crippen molar-refractivity contribution in [2.45, 2.75) is 57.1 Å². The number of amidine groups is 1. The predicted octanol–water partition coefficient (Wildman–Crippen LogP) is 0.723. The molecule has 4 heterocycles. The van der Waals surface area contributed by atoms with Crippen molar-refractivity contribution in [2.75, 3.05) is 40.3 Å². The van der Waals surface area contributed by atoms with Gasteiger partial charge in [-0.05, 0) is 39.7 Å². The van der Waals surface area contributed by atoms with Gasteiger partial charge in [0, 0.05) is 49.3 Å². The average molecular weight is 508 g/mol. The number of hydrogen-bond acceptors (Lipinski definition) is 7. The lowest BCUT2D eigenvalue weighted by Gasteiger charge is -2.46. The van der Waals surface area contributed by atoms with Crippen molar-refractivity contribution in [1.82, 2.24) is 19.6 Å². The molecule has 0 unspecified atom stereocenters. The molecule has 4 aliphatic rings. The molecule has 0 aromatic carbocycles. The highest BCUT2D eigenvalue weighted by atomic mass is 32.2. The van der Waals surface area contributed by atoms with Crippen LogP contribution in [-0.2, 0) is 14.4 Å². The van der Waals surface area contributed by atoms with E-state index in [-0.39, 0.29) is 40.8 Å². The summed E-state index contributed by atoms with van der Waals surface area (Å²) < 4.78 is 0. The molecule has 0 saturated carbocycles. The molecule has 0 radical (unpaired) electrons. The SMILES string of the molecule is CC(=N)N(C)C[C@H]1CCN(C(=O)[C@@H]2C[C@H](SC3=C(C(=O)O)N4C(=O)[C@H]([C@@H](C)O)[C@H]4[C@H]3C)CN2C)C1. The average Bonchev–Trinajstić information content (AvgIpc) is 3.44. The summed E-state index contributed by atoms with van der Waals surface area (Å²) in [6, 6.07) is -0.570. The number of aliphatic carboxylic acids is 1. The molecule has 11 heteroatoms. The lowest BCUT2D eigenvalue weighted by molar-refractivity contribution is -0.163. The molecule has 4 aliphatic heterocycles. The van der Waals surface area contributed by atoms with E-state index >= 15 is 0 Å². The third kappa shape index (κ3) is 4.58. The van der Waals surface area contributed by atoms with Crippen LogP contribution >= 0.6 is 11.8 Å². The van der Waals surface area contributed by atoms with E-state index in [4.69, 9.17) is 5.41 Å². The van der Waals surface area contributed by atoms with Crippen molar-refractivity contribution in [1.29, 1.82) is 5.41 Å². The molecule has 0 spiro atoms. The molecule has 194 valence electrons. The van der Waals surface area contributed by atoms with Crippen LogP contribution in [0.4, 0.5) is 0 Å². The maximum absolute atomic E-state index is 13.4.